The molecule has 2 aromatic carbocycles. The third-order valence-corrected chi connectivity index (χ3v) is 6.70. The molecule has 2 aliphatic rings. The molecule has 186 valence electrons. The lowest BCUT2D eigenvalue weighted by atomic mass is 10.2. The highest BCUT2D eigenvalue weighted by atomic mass is 35.5. The summed E-state index contributed by atoms with van der Waals surface area (Å²) in [6.07, 6.45) is 7.37. The number of nitrogens with zero attached hydrogens (tertiary/aromatic N) is 3. The number of benzene rings is 2. The van der Waals surface area contributed by atoms with Crippen molar-refractivity contribution in [1.29, 1.82) is 0 Å². The number of aromatic nitrogens is 2. The maximum atomic E-state index is 13.6. The molecule has 0 amide bonds. The minimum absolute atomic E-state index is 0.0352. The summed E-state index contributed by atoms with van der Waals surface area (Å²) < 4.78 is 31.6. The largest absolute Gasteiger partial charge is 0.492 e. The third kappa shape index (κ3) is 6.12. The van der Waals surface area contributed by atoms with Gasteiger partial charge in [0.2, 0.25) is 0 Å². The van der Waals surface area contributed by atoms with Crippen LogP contribution < -0.4 is 14.8 Å². The number of nitrogens with one attached hydrogen (secondary N) is 1. The first-order valence-electron chi connectivity index (χ1n) is 12.3. The van der Waals surface area contributed by atoms with E-state index >= 15 is 0 Å². The molecule has 3 heterocycles. The zero-order chi connectivity index (χ0) is 24.0. The van der Waals surface area contributed by atoms with E-state index in [9.17, 15) is 4.39 Å². The number of hydrogen-bond donors (Lipinski definition) is 1. The molecule has 0 saturated carbocycles. The fourth-order valence-electron chi connectivity index (χ4n) is 4.55. The summed E-state index contributed by atoms with van der Waals surface area (Å²) in [5.74, 6) is 1.40. The molecular weight excluding hydrogens is 471 g/mol. The first kappa shape index (κ1) is 24.0. The molecule has 0 radical (unpaired) electrons. The average molecular weight is 501 g/mol. The van der Waals surface area contributed by atoms with Crippen molar-refractivity contribution in [2.24, 2.45) is 0 Å². The van der Waals surface area contributed by atoms with Gasteiger partial charge in [0.15, 0.2) is 0 Å². The summed E-state index contributed by atoms with van der Waals surface area (Å²) in [6.45, 7) is 4.96. The molecule has 35 heavy (non-hydrogen) atoms. The van der Waals surface area contributed by atoms with Crippen LogP contribution in [0, 0.1) is 5.82 Å². The fraction of sp³-hybridized carbons (Fsp3) is 0.462. The molecule has 1 aromatic heterocycles. The number of ether oxygens (including phenoxy) is 3. The van der Waals surface area contributed by atoms with Gasteiger partial charge in [-0.15, -0.1) is 0 Å². The summed E-state index contributed by atoms with van der Waals surface area (Å²) in [4.78, 5) is 11.4. The van der Waals surface area contributed by atoms with Gasteiger partial charge < -0.3 is 19.5 Å². The van der Waals surface area contributed by atoms with Crippen molar-refractivity contribution in [3.8, 4) is 11.5 Å². The lowest BCUT2D eigenvalue weighted by Crippen LogP contribution is -2.29. The highest BCUT2D eigenvalue weighted by Gasteiger charge is 2.21. The smallest absolute Gasteiger partial charge is 0.145 e. The third-order valence-electron chi connectivity index (χ3n) is 6.41. The first-order chi connectivity index (χ1) is 17.2. The van der Waals surface area contributed by atoms with Gasteiger partial charge in [-0.2, -0.15) is 0 Å². The quantitative estimate of drug-likeness (QED) is 0.432. The maximum absolute atomic E-state index is 13.6. The van der Waals surface area contributed by atoms with Crippen LogP contribution in [0.1, 0.15) is 32.1 Å². The van der Waals surface area contributed by atoms with E-state index in [-0.39, 0.29) is 11.1 Å². The Bertz CT molecular complexity index is 1150. The molecule has 5 rings (SSSR count). The fourth-order valence-corrected chi connectivity index (χ4v) is 4.73. The highest BCUT2D eigenvalue weighted by Crippen LogP contribution is 2.37. The molecule has 1 atom stereocenters. The molecule has 7 nitrogen and oxygen atoms in total. The van der Waals surface area contributed by atoms with E-state index in [0.29, 0.717) is 48.3 Å². The molecule has 1 unspecified atom stereocenters. The average Bonchev–Trinajstić information content (AvgIpc) is 3.22. The van der Waals surface area contributed by atoms with Crippen molar-refractivity contribution >= 4 is 34.0 Å². The van der Waals surface area contributed by atoms with Gasteiger partial charge in [-0.1, -0.05) is 24.4 Å². The molecule has 2 aliphatic heterocycles. The van der Waals surface area contributed by atoms with Crippen LogP contribution in [0.5, 0.6) is 11.5 Å². The van der Waals surface area contributed by atoms with Crippen LogP contribution in [0.4, 0.5) is 15.9 Å². The van der Waals surface area contributed by atoms with Gasteiger partial charge in [0.1, 0.15) is 42.2 Å². The van der Waals surface area contributed by atoms with Crippen molar-refractivity contribution in [2.45, 2.75) is 38.2 Å². The lowest BCUT2D eigenvalue weighted by molar-refractivity contribution is 0.142. The Morgan fingerprint density at radius 1 is 1.11 bits per heavy atom. The lowest BCUT2D eigenvalue weighted by Gasteiger charge is -2.21. The number of likely N-dealkylation sites (tertiary alicyclic amines) is 1. The molecule has 3 aromatic rings. The predicted molar refractivity (Wildman–Crippen MR) is 134 cm³/mol. The van der Waals surface area contributed by atoms with Crippen LogP contribution >= 0.6 is 11.6 Å². The number of halogens is 2. The summed E-state index contributed by atoms with van der Waals surface area (Å²) in [5, 5.41) is 3.99. The summed E-state index contributed by atoms with van der Waals surface area (Å²) in [7, 11) is 0. The molecule has 1 N–H and O–H groups in total. The van der Waals surface area contributed by atoms with E-state index in [2.05, 4.69) is 20.2 Å². The van der Waals surface area contributed by atoms with Crippen LogP contribution in [-0.4, -0.2) is 60.4 Å². The maximum Gasteiger partial charge on any atom is 0.145 e. The second-order valence-electron chi connectivity index (χ2n) is 9.00. The van der Waals surface area contributed by atoms with E-state index < -0.39 is 5.82 Å². The van der Waals surface area contributed by atoms with Crippen molar-refractivity contribution in [3.05, 3.63) is 47.5 Å². The minimum Gasteiger partial charge on any atom is -0.492 e. The Kier molecular flexibility index (Phi) is 7.81. The Morgan fingerprint density at radius 3 is 2.74 bits per heavy atom. The molecule has 0 spiro atoms. The SMILES string of the molecule is Fc1ccc(Nc2ncnc3cc(OCCN4CCCCCC4)cc(OC4CCOC4)c23)cc1Cl. The normalized spacial score (nSPS) is 19.0. The second-order valence-corrected chi connectivity index (χ2v) is 9.41. The van der Waals surface area contributed by atoms with Crippen molar-refractivity contribution < 1.29 is 18.6 Å². The van der Waals surface area contributed by atoms with Crippen molar-refractivity contribution in [2.75, 3.05) is 44.8 Å². The van der Waals surface area contributed by atoms with Gasteiger partial charge in [0.05, 0.1) is 29.1 Å². The van der Waals surface area contributed by atoms with E-state index in [1.165, 1.54) is 44.1 Å². The van der Waals surface area contributed by atoms with E-state index in [4.69, 9.17) is 25.8 Å². The van der Waals surface area contributed by atoms with Crippen molar-refractivity contribution in [3.63, 3.8) is 0 Å². The van der Waals surface area contributed by atoms with E-state index in [0.717, 1.165) is 31.4 Å². The Labute approximate surface area is 209 Å². The van der Waals surface area contributed by atoms with Gasteiger partial charge in [-0.05, 0) is 44.1 Å². The second kappa shape index (κ2) is 11.4. The van der Waals surface area contributed by atoms with E-state index in [1.54, 1.807) is 6.07 Å². The molecule has 9 heteroatoms. The summed E-state index contributed by atoms with van der Waals surface area (Å²) in [6, 6.07) is 8.25. The number of anilines is 2. The number of rotatable bonds is 8. The molecule has 0 aliphatic carbocycles. The standard InChI is InChI=1S/C26H30ClFN4O3/c27-21-13-18(5-6-22(21)28)31-26-25-23(29-17-30-26)14-20(15-24(25)35-19-7-11-33-16-19)34-12-10-32-8-3-1-2-4-9-32/h5-6,13-15,17,19H,1-4,7-12,16H2,(H,29,30,31). The number of fused-ring (bicyclic) bond motifs is 1. The van der Waals surface area contributed by atoms with Gasteiger partial charge >= 0.3 is 0 Å². The molecule has 2 fully saturated rings. The topological polar surface area (TPSA) is 68.7 Å². The van der Waals surface area contributed by atoms with Gasteiger partial charge in [-0.25, -0.2) is 14.4 Å². The van der Waals surface area contributed by atoms with Gasteiger partial charge in [0, 0.05) is 30.8 Å². The monoisotopic (exact) mass is 500 g/mol. The van der Waals surface area contributed by atoms with Crippen LogP contribution in [0.2, 0.25) is 5.02 Å². The summed E-state index contributed by atoms with van der Waals surface area (Å²) in [5.41, 5.74) is 1.31. The van der Waals surface area contributed by atoms with Crippen LogP contribution in [0.25, 0.3) is 10.9 Å². The van der Waals surface area contributed by atoms with Crippen molar-refractivity contribution in [1.82, 2.24) is 14.9 Å². The summed E-state index contributed by atoms with van der Waals surface area (Å²) >= 11 is 5.97. The Hall–Kier alpha value is -2.68. The minimum atomic E-state index is -0.475. The number of hydrogen-bond acceptors (Lipinski definition) is 7. The zero-order valence-corrected chi connectivity index (χ0v) is 20.4. The van der Waals surface area contributed by atoms with Crippen LogP contribution in [0.15, 0.2) is 36.7 Å². The highest BCUT2D eigenvalue weighted by molar-refractivity contribution is 6.31. The molecule has 2 saturated heterocycles. The van der Waals surface area contributed by atoms with Gasteiger partial charge in [-0.3, -0.25) is 4.90 Å². The van der Waals surface area contributed by atoms with Crippen LogP contribution in [0.3, 0.4) is 0 Å². The zero-order valence-electron chi connectivity index (χ0n) is 19.6. The molecular formula is C26H30ClFN4O3. The Balaban J connectivity index is 1.40. The van der Waals surface area contributed by atoms with Gasteiger partial charge in [0.25, 0.3) is 0 Å². The Morgan fingerprint density at radius 2 is 1.97 bits per heavy atom. The predicted octanol–water partition coefficient (Wildman–Crippen LogP) is 5.59. The van der Waals surface area contributed by atoms with Crippen LogP contribution in [-0.2, 0) is 4.74 Å². The first-order valence-corrected chi connectivity index (χ1v) is 12.6. The van der Waals surface area contributed by atoms with E-state index in [1.807, 2.05) is 12.1 Å². The molecule has 0 bridgehead atoms.